The van der Waals surface area contributed by atoms with Gasteiger partial charge in [-0.3, -0.25) is 0 Å². The van der Waals surface area contributed by atoms with Crippen molar-refractivity contribution < 1.29 is 18.3 Å². The minimum Gasteiger partial charge on any atom is -0.466 e. The smallest absolute Gasteiger partial charge is 0.330 e. The first-order chi connectivity index (χ1) is 6.65. The van der Waals surface area contributed by atoms with E-state index in [1.165, 1.54) is 19.2 Å². The van der Waals surface area contributed by atoms with Crippen LogP contribution < -0.4 is 0 Å². The van der Waals surface area contributed by atoms with Crippen molar-refractivity contribution in [3.05, 3.63) is 41.5 Å². The van der Waals surface area contributed by atoms with Crippen LogP contribution in [-0.4, -0.2) is 13.1 Å². The zero-order valence-corrected chi connectivity index (χ0v) is 7.46. The Morgan fingerprint density at radius 3 is 2.79 bits per heavy atom. The highest BCUT2D eigenvalue weighted by molar-refractivity contribution is 5.86. The molecule has 0 fully saturated rings. The van der Waals surface area contributed by atoms with Crippen LogP contribution >= 0.6 is 0 Å². The van der Waals surface area contributed by atoms with E-state index >= 15 is 0 Å². The Kier molecular flexibility index (Phi) is 3.34. The Labute approximate surface area is 79.8 Å². The second-order valence-corrected chi connectivity index (χ2v) is 2.50. The van der Waals surface area contributed by atoms with Crippen LogP contribution in [0, 0.1) is 11.6 Å². The molecular formula is C10H8F2O2. The maximum atomic E-state index is 13.0. The Morgan fingerprint density at radius 1 is 1.43 bits per heavy atom. The molecule has 0 spiro atoms. The molecule has 2 nitrogen and oxygen atoms in total. The van der Waals surface area contributed by atoms with Gasteiger partial charge in [0.15, 0.2) is 11.6 Å². The van der Waals surface area contributed by atoms with E-state index < -0.39 is 17.6 Å². The summed E-state index contributed by atoms with van der Waals surface area (Å²) in [5.74, 6) is -2.54. The molecule has 0 unspecified atom stereocenters. The van der Waals surface area contributed by atoms with Crippen molar-refractivity contribution >= 4 is 12.0 Å². The summed E-state index contributed by atoms with van der Waals surface area (Å²) in [5, 5.41) is 0. The Morgan fingerprint density at radius 2 is 2.14 bits per heavy atom. The maximum absolute atomic E-state index is 13.0. The predicted octanol–water partition coefficient (Wildman–Crippen LogP) is 2.15. The number of carbonyl (C=O) groups is 1. The number of carbonyl (C=O) groups excluding carboxylic acids is 1. The van der Waals surface area contributed by atoms with Gasteiger partial charge in [0.2, 0.25) is 0 Å². The largest absolute Gasteiger partial charge is 0.466 e. The van der Waals surface area contributed by atoms with Crippen LogP contribution in [0.5, 0.6) is 0 Å². The van der Waals surface area contributed by atoms with E-state index in [4.69, 9.17) is 0 Å². The van der Waals surface area contributed by atoms with Gasteiger partial charge >= 0.3 is 5.97 Å². The minimum atomic E-state index is -0.979. The van der Waals surface area contributed by atoms with E-state index in [1.54, 1.807) is 0 Å². The first-order valence-electron chi connectivity index (χ1n) is 3.85. The highest BCUT2D eigenvalue weighted by atomic mass is 19.2. The van der Waals surface area contributed by atoms with Crippen molar-refractivity contribution in [2.24, 2.45) is 0 Å². The van der Waals surface area contributed by atoms with Gasteiger partial charge in [0, 0.05) is 11.6 Å². The number of esters is 1. The lowest BCUT2D eigenvalue weighted by Crippen LogP contribution is -1.94. The summed E-state index contributed by atoms with van der Waals surface area (Å²) in [6.07, 6.45) is 2.18. The molecule has 0 aliphatic rings. The summed E-state index contributed by atoms with van der Waals surface area (Å²) < 4.78 is 29.9. The molecule has 0 N–H and O–H groups in total. The molecule has 0 aliphatic carbocycles. The summed E-state index contributed by atoms with van der Waals surface area (Å²) in [6, 6.07) is 3.72. The van der Waals surface area contributed by atoms with Gasteiger partial charge in [0.05, 0.1) is 7.11 Å². The van der Waals surface area contributed by atoms with Crippen molar-refractivity contribution in [1.82, 2.24) is 0 Å². The number of hydrogen-bond acceptors (Lipinski definition) is 2. The fourth-order valence-electron chi connectivity index (χ4n) is 0.875. The van der Waals surface area contributed by atoms with Gasteiger partial charge in [-0.15, -0.1) is 0 Å². The molecule has 14 heavy (non-hydrogen) atoms. The lowest BCUT2D eigenvalue weighted by atomic mass is 10.2. The van der Waals surface area contributed by atoms with Crippen LogP contribution in [0.3, 0.4) is 0 Å². The van der Waals surface area contributed by atoms with Gasteiger partial charge in [-0.1, -0.05) is 12.1 Å². The zero-order valence-electron chi connectivity index (χ0n) is 7.46. The molecule has 0 amide bonds. The van der Waals surface area contributed by atoms with Crippen molar-refractivity contribution in [2.75, 3.05) is 7.11 Å². The Bertz CT molecular complexity index is 372. The van der Waals surface area contributed by atoms with E-state index in [1.807, 2.05) is 0 Å². The first-order valence-corrected chi connectivity index (χ1v) is 3.85. The third-order valence-corrected chi connectivity index (χ3v) is 1.58. The van der Waals surface area contributed by atoms with E-state index in [9.17, 15) is 13.6 Å². The monoisotopic (exact) mass is 198 g/mol. The molecule has 0 bridgehead atoms. The Hall–Kier alpha value is -1.71. The van der Waals surface area contributed by atoms with Crippen LogP contribution in [0.2, 0.25) is 0 Å². The van der Waals surface area contributed by atoms with Gasteiger partial charge in [-0.2, -0.15) is 0 Å². The number of hydrogen-bond donors (Lipinski definition) is 0. The Balaban J connectivity index is 2.92. The summed E-state index contributed by atoms with van der Waals surface area (Å²) in [4.78, 5) is 10.7. The van der Waals surface area contributed by atoms with E-state index in [2.05, 4.69) is 4.74 Å². The van der Waals surface area contributed by atoms with Crippen molar-refractivity contribution in [3.8, 4) is 0 Å². The average Bonchev–Trinajstić information content (AvgIpc) is 2.20. The highest BCUT2D eigenvalue weighted by Crippen LogP contribution is 2.12. The SMILES string of the molecule is COC(=O)C=Cc1cccc(F)c1F. The average molecular weight is 198 g/mol. The highest BCUT2D eigenvalue weighted by Gasteiger charge is 2.04. The molecule has 1 rings (SSSR count). The maximum Gasteiger partial charge on any atom is 0.330 e. The molecule has 0 saturated carbocycles. The molecule has 0 radical (unpaired) electrons. The van der Waals surface area contributed by atoms with E-state index in [-0.39, 0.29) is 5.56 Å². The van der Waals surface area contributed by atoms with E-state index in [0.717, 1.165) is 18.2 Å². The van der Waals surface area contributed by atoms with Gasteiger partial charge < -0.3 is 4.74 Å². The van der Waals surface area contributed by atoms with Crippen molar-refractivity contribution in [2.45, 2.75) is 0 Å². The summed E-state index contributed by atoms with van der Waals surface area (Å²) >= 11 is 0. The second kappa shape index (κ2) is 4.50. The molecule has 0 heterocycles. The minimum absolute atomic E-state index is 0.00963. The predicted molar refractivity (Wildman–Crippen MR) is 47.4 cm³/mol. The van der Waals surface area contributed by atoms with Gasteiger partial charge in [-0.25, -0.2) is 13.6 Å². The molecule has 0 aromatic heterocycles. The van der Waals surface area contributed by atoms with Gasteiger partial charge in [0.25, 0.3) is 0 Å². The topological polar surface area (TPSA) is 26.3 Å². The standard InChI is InChI=1S/C10H8F2O2/c1-14-9(13)6-5-7-3-2-4-8(11)10(7)12/h2-6H,1H3. The lowest BCUT2D eigenvalue weighted by molar-refractivity contribution is -0.134. The van der Waals surface area contributed by atoms with E-state index in [0.29, 0.717) is 0 Å². The number of ether oxygens (including phenoxy) is 1. The zero-order chi connectivity index (χ0) is 10.6. The quantitative estimate of drug-likeness (QED) is 0.537. The molecule has 74 valence electrons. The number of methoxy groups -OCH3 is 1. The second-order valence-electron chi connectivity index (χ2n) is 2.50. The first kappa shape index (κ1) is 10.4. The van der Waals surface area contributed by atoms with Crippen LogP contribution in [0.25, 0.3) is 6.08 Å². The van der Waals surface area contributed by atoms with Crippen molar-refractivity contribution in [3.63, 3.8) is 0 Å². The molecular weight excluding hydrogens is 190 g/mol. The number of rotatable bonds is 2. The van der Waals surface area contributed by atoms with Crippen LogP contribution in [0.15, 0.2) is 24.3 Å². The number of benzene rings is 1. The fourth-order valence-corrected chi connectivity index (χ4v) is 0.875. The number of halogens is 2. The van der Waals surface area contributed by atoms with Crippen LogP contribution in [0.1, 0.15) is 5.56 Å². The van der Waals surface area contributed by atoms with Crippen LogP contribution in [-0.2, 0) is 9.53 Å². The normalized spacial score (nSPS) is 10.5. The molecule has 0 atom stereocenters. The molecule has 4 heteroatoms. The third-order valence-electron chi connectivity index (χ3n) is 1.58. The molecule has 1 aromatic rings. The molecule has 0 saturated heterocycles. The third kappa shape index (κ3) is 2.39. The van der Waals surface area contributed by atoms with Gasteiger partial charge in [-0.05, 0) is 12.1 Å². The van der Waals surface area contributed by atoms with Crippen molar-refractivity contribution in [1.29, 1.82) is 0 Å². The lowest BCUT2D eigenvalue weighted by Gasteiger charge is -1.96. The molecule has 1 aromatic carbocycles. The fraction of sp³-hybridized carbons (Fsp3) is 0.100. The summed E-state index contributed by atoms with van der Waals surface area (Å²) in [6.45, 7) is 0. The summed E-state index contributed by atoms with van der Waals surface area (Å²) in [7, 11) is 1.20. The molecule has 0 aliphatic heterocycles. The van der Waals surface area contributed by atoms with Gasteiger partial charge in [0.1, 0.15) is 0 Å². The van der Waals surface area contributed by atoms with Crippen LogP contribution in [0.4, 0.5) is 8.78 Å². The summed E-state index contributed by atoms with van der Waals surface area (Å²) in [5.41, 5.74) is 0.00963.